The average molecular weight is 396 g/mol. The number of amides is 2. The number of hydrogen-bond acceptors (Lipinski definition) is 5. The van der Waals surface area contributed by atoms with Crippen LogP contribution in [0.5, 0.6) is 0 Å². The van der Waals surface area contributed by atoms with Crippen LogP contribution in [-0.4, -0.2) is 61.9 Å². The maximum Gasteiger partial charge on any atom is 0.322 e. The van der Waals surface area contributed by atoms with E-state index in [2.05, 4.69) is 41.2 Å². The third kappa shape index (κ3) is 4.15. The molecule has 1 atom stereocenters. The lowest BCUT2D eigenvalue weighted by Gasteiger charge is -2.30. The Labute approximate surface area is 172 Å². The predicted molar refractivity (Wildman–Crippen MR) is 116 cm³/mol. The van der Waals surface area contributed by atoms with Crippen LogP contribution in [0.3, 0.4) is 0 Å². The first-order chi connectivity index (χ1) is 14.0. The molecular weight excluding hydrogens is 366 g/mol. The lowest BCUT2D eigenvalue weighted by atomic mass is 10.1. The van der Waals surface area contributed by atoms with E-state index in [-0.39, 0.29) is 12.1 Å². The fraction of sp³-hybridized carbons (Fsp3) is 0.455. The molecule has 0 spiro atoms. The fourth-order valence-corrected chi connectivity index (χ4v) is 4.06. The van der Waals surface area contributed by atoms with Gasteiger partial charge < -0.3 is 24.8 Å². The van der Waals surface area contributed by atoms with Crippen LogP contribution in [0.2, 0.25) is 0 Å². The van der Waals surface area contributed by atoms with Crippen molar-refractivity contribution in [2.24, 2.45) is 0 Å². The molecule has 1 aromatic carbocycles. The molecule has 0 aliphatic carbocycles. The SMILES string of the molecule is Cc1nc(N2CCOCC2)ccc1NC(=O)N1Cc2ccccc2N(C)CC1C. The minimum atomic E-state index is -0.0911. The number of fused-ring (bicyclic) bond motifs is 1. The van der Waals surface area contributed by atoms with E-state index in [4.69, 9.17) is 9.72 Å². The van der Waals surface area contributed by atoms with E-state index < -0.39 is 0 Å². The number of nitrogens with zero attached hydrogens (tertiary/aromatic N) is 4. The van der Waals surface area contributed by atoms with Crippen LogP contribution in [0, 0.1) is 6.92 Å². The maximum atomic E-state index is 13.1. The van der Waals surface area contributed by atoms with Crippen LogP contribution < -0.4 is 15.1 Å². The molecule has 0 bridgehead atoms. The highest BCUT2D eigenvalue weighted by atomic mass is 16.5. The van der Waals surface area contributed by atoms with E-state index >= 15 is 0 Å². The molecule has 1 unspecified atom stereocenters. The van der Waals surface area contributed by atoms with Gasteiger partial charge >= 0.3 is 6.03 Å². The number of aromatic nitrogens is 1. The predicted octanol–water partition coefficient (Wildman–Crippen LogP) is 3.10. The highest BCUT2D eigenvalue weighted by molar-refractivity contribution is 5.90. The van der Waals surface area contributed by atoms with Gasteiger partial charge in [-0.3, -0.25) is 0 Å². The summed E-state index contributed by atoms with van der Waals surface area (Å²) in [5.41, 5.74) is 3.92. The number of carbonyl (C=O) groups is 1. The first kappa shape index (κ1) is 19.5. The summed E-state index contributed by atoms with van der Waals surface area (Å²) in [6.45, 7) is 8.54. The minimum absolute atomic E-state index is 0.0910. The molecule has 1 N–H and O–H groups in total. The van der Waals surface area contributed by atoms with Crippen molar-refractivity contribution in [2.45, 2.75) is 26.4 Å². The van der Waals surface area contributed by atoms with Crippen LogP contribution in [0.15, 0.2) is 36.4 Å². The summed E-state index contributed by atoms with van der Waals surface area (Å²) in [5.74, 6) is 0.933. The fourth-order valence-electron chi connectivity index (χ4n) is 4.06. The van der Waals surface area contributed by atoms with Crippen molar-refractivity contribution in [2.75, 3.05) is 55.0 Å². The van der Waals surface area contributed by atoms with Gasteiger partial charge in [0.25, 0.3) is 0 Å². The van der Waals surface area contributed by atoms with Crippen molar-refractivity contribution >= 4 is 23.2 Å². The Morgan fingerprint density at radius 2 is 1.93 bits per heavy atom. The van der Waals surface area contributed by atoms with Crippen LogP contribution in [0.4, 0.5) is 22.0 Å². The van der Waals surface area contributed by atoms with Crippen LogP contribution >= 0.6 is 0 Å². The number of pyridine rings is 1. The van der Waals surface area contributed by atoms with Gasteiger partial charge in [0.15, 0.2) is 0 Å². The summed E-state index contributed by atoms with van der Waals surface area (Å²) >= 11 is 0. The van der Waals surface area contributed by atoms with E-state index in [9.17, 15) is 4.79 Å². The molecule has 7 heteroatoms. The van der Waals surface area contributed by atoms with Crippen LogP contribution in [0.1, 0.15) is 18.2 Å². The number of urea groups is 1. The van der Waals surface area contributed by atoms with Crippen molar-refractivity contribution in [1.82, 2.24) is 9.88 Å². The van der Waals surface area contributed by atoms with Crippen molar-refractivity contribution in [1.29, 1.82) is 0 Å². The van der Waals surface area contributed by atoms with Gasteiger partial charge in [0.1, 0.15) is 5.82 Å². The molecule has 1 fully saturated rings. The normalized spacial score (nSPS) is 19.6. The van der Waals surface area contributed by atoms with Crippen molar-refractivity contribution in [3.63, 3.8) is 0 Å². The Morgan fingerprint density at radius 1 is 1.17 bits per heavy atom. The molecule has 0 saturated carbocycles. The number of morpholine rings is 1. The number of nitrogens with one attached hydrogen (secondary N) is 1. The van der Waals surface area contributed by atoms with Gasteiger partial charge in [-0.05, 0) is 37.6 Å². The summed E-state index contributed by atoms with van der Waals surface area (Å²) < 4.78 is 5.41. The van der Waals surface area contributed by atoms with E-state index in [0.29, 0.717) is 6.54 Å². The van der Waals surface area contributed by atoms with E-state index in [1.165, 1.54) is 5.69 Å². The molecule has 3 heterocycles. The maximum absolute atomic E-state index is 13.1. The van der Waals surface area contributed by atoms with Crippen LogP contribution in [0.25, 0.3) is 0 Å². The molecule has 29 heavy (non-hydrogen) atoms. The number of likely N-dealkylation sites (N-methyl/N-ethyl adjacent to an activating group) is 1. The zero-order valence-electron chi connectivity index (χ0n) is 17.4. The second kappa shape index (κ2) is 8.29. The zero-order chi connectivity index (χ0) is 20.4. The first-order valence-corrected chi connectivity index (χ1v) is 10.2. The molecule has 154 valence electrons. The third-order valence-corrected chi connectivity index (χ3v) is 5.72. The zero-order valence-corrected chi connectivity index (χ0v) is 17.4. The van der Waals surface area contributed by atoms with Gasteiger partial charge in [0.2, 0.25) is 0 Å². The lowest BCUT2D eigenvalue weighted by Crippen LogP contribution is -2.44. The van der Waals surface area contributed by atoms with E-state index in [0.717, 1.165) is 55.6 Å². The van der Waals surface area contributed by atoms with Crippen molar-refractivity contribution < 1.29 is 9.53 Å². The van der Waals surface area contributed by atoms with Crippen LogP contribution in [-0.2, 0) is 11.3 Å². The molecule has 2 amide bonds. The van der Waals surface area contributed by atoms with Gasteiger partial charge in [-0.1, -0.05) is 18.2 Å². The quantitative estimate of drug-likeness (QED) is 0.847. The van der Waals surface area contributed by atoms with Gasteiger partial charge in [0.05, 0.1) is 24.6 Å². The van der Waals surface area contributed by atoms with E-state index in [1.807, 2.05) is 36.1 Å². The van der Waals surface area contributed by atoms with Gasteiger partial charge in [-0.25, -0.2) is 9.78 Å². The second-order valence-electron chi connectivity index (χ2n) is 7.82. The topological polar surface area (TPSA) is 60.9 Å². The average Bonchev–Trinajstić information content (AvgIpc) is 2.86. The van der Waals surface area contributed by atoms with Crippen molar-refractivity contribution in [3.8, 4) is 0 Å². The number of ether oxygens (including phenoxy) is 1. The summed E-state index contributed by atoms with van der Waals surface area (Å²) in [7, 11) is 2.08. The van der Waals surface area contributed by atoms with Gasteiger partial charge in [-0.2, -0.15) is 0 Å². The molecule has 7 nitrogen and oxygen atoms in total. The van der Waals surface area contributed by atoms with Gasteiger partial charge in [-0.15, -0.1) is 0 Å². The number of aryl methyl sites for hydroxylation is 1. The standard InChI is InChI=1S/C22H29N5O2/c1-16-14-25(3)20-7-5-4-6-18(20)15-27(16)22(28)24-19-8-9-21(23-17(19)2)26-10-12-29-13-11-26/h4-9,16H,10-15H2,1-3H3,(H,24,28). The number of benzene rings is 1. The number of anilines is 3. The third-order valence-electron chi connectivity index (χ3n) is 5.72. The Balaban J connectivity index is 1.50. The Kier molecular flexibility index (Phi) is 5.58. The molecule has 2 aromatic rings. The summed E-state index contributed by atoms with van der Waals surface area (Å²) in [6.07, 6.45) is 0. The van der Waals surface area contributed by atoms with Crippen molar-refractivity contribution in [3.05, 3.63) is 47.7 Å². The summed E-state index contributed by atoms with van der Waals surface area (Å²) in [5, 5.41) is 3.08. The first-order valence-electron chi connectivity index (χ1n) is 10.2. The number of para-hydroxylation sites is 1. The molecule has 2 aliphatic rings. The Bertz CT molecular complexity index is 881. The monoisotopic (exact) mass is 395 g/mol. The highest BCUT2D eigenvalue weighted by Crippen LogP contribution is 2.27. The molecule has 0 radical (unpaired) electrons. The number of rotatable bonds is 2. The second-order valence-corrected chi connectivity index (χ2v) is 7.82. The smallest absolute Gasteiger partial charge is 0.322 e. The largest absolute Gasteiger partial charge is 0.378 e. The number of carbonyl (C=O) groups excluding carboxylic acids is 1. The molecular formula is C22H29N5O2. The molecule has 2 aliphatic heterocycles. The minimum Gasteiger partial charge on any atom is -0.378 e. The van der Waals surface area contributed by atoms with E-state index in [1.54, 1.807) is 0 Å². The Hall–Kier alpha value is -2.80. The lowest BCUT2D eigenvalue weighted by molar-refractivity contribution is 0.122. The highest BCUT2D eigenvalue weighted by Gasteiger charge is 2.27. The summed E-state index contributed by atoms with van der Waals surface area (Å²) in [6, 6.07) is 12.2. The molecule has 1 aromatic heterocycles. The number of hydrogen-bond donors (Lipinski definition) is 1. The Morgan fingerprint density at radius 3 is 2.69 bits per heavy atom. The van der Waals surface area contributed by atoms with Gasteiger partial charge in [0, 0.05) is 45.0 Å². The molecule has 4 rings (SSSR count). The summed E-state index contributed by atoms with van der Waals surface area (Å²) in [4.78, 5) is 24.2. The molecule has 1 saturated heterocycles.